The number of carbonyl (C=O) groups is 3. The summed E-state index contributed by atoms with van der Waals surface area (Å²) in [4.78, 5) is 38.4. The molecule has 164 valence electrons. The minimum Gasteiger partial charge on any atom is -0.458 e. The first-order chi connectivity index (χ1) is 14.0. The highest BCUT2D eigenvalue weighted by Crippen LogP contribution is 2.52. The smallest absolute Gasteiger partial charge is 0.334 e. The predicted octanol–water partition coefficient (Wildman–Crippen LogP) is 4.88. The van der Waals surface area contributed by atoms with Crippen molar-refractivity contribution in [2.45, 2.75) is 74.0 Å². The van der Waals surface area contributed by atoms with E-state index in [1.54, 1.807) is 45.9 Å². The predicted molar refractivity (Wildman–Crippen MR) is 117 cm³/mol. The lowest BCUT2D eigenvalue weighted by molar-refractivity contribution is -0.160. The Kier molecular flexibility index (Phi) is 7.27. The quantitative estimate of drug-likeness (QED) is 0.364. The Morgan fingerprint density at radius 1 is 1.10 bits per heavy atom. The number of hydrogen-bond donors (Lipinski definition) is 0. The van der Waals surface area contributed by atoms with Gasteiger partial charge in [-0.2, -0.15) is 0 Å². The van der Waals surface area contributed by atoms with Gasteiger partial charge in [0, 0.05) is 23.5 Å². The summed E-state index contributed by atoms with van der Waals surface area (Å²) < 4.78 is 11.8. The third-order valence-corrected chi connectivity index (χ3v) is 6.42. The molecule has 0 unspecified atom stereocenters. The van der Waals surface area contributed by atoms with E-state index in [1.165, 1.54) is 0 Å². The van der Waals surface area contributed by atoms with E-state index in [2.05, 4.69) is 0 Å². The second-order valence-corrected chi connectivity index (χ2v) is 8.85. The molecule has 0 spiro atoms. The molecule has 0 heterocycles. The van der Waals surface area contributed by atoms with E-state index in [4.69, 9.17) is 9.47 Å². The molecule has 0 fully saturated rings. The summed E-state index contributed by atoms with van der Waals surface area (Å²) >= 11 is 0. The van der Waals surface area contributed by atoms with E-state index >= 15 is 0 Å². The number of ketones is 1. The molecule has 2 rings (SSSR count). The van der Waals surface area contributed by atoms with Gasteiger partial charge in [0.2, 0.25) is 0 Å². The molecule has 0 aromatic rings. The van der Waals surface area contributed by atoms with Gasteiger partial charge >= 0.3 is 11.9 Å². The number of ether oxygens (including phenoxy) is 2. The highest BCUT2D eigenvalue weighted by Gasteiger charge is 2.58. The van der Waals surface area contributed by atoms with E-state index < -0.39 is 23.6 Å². The van der Waals surface area contributed by atoms with Gasteiger partial charge in [-0.25, -0.2) is 9.59 Å². The lowest BCUT2D eigenvalue weighted by atomic mass is 9.68. The average Bonchev–Trinajstić information content (AvgIpc) is 2.91. The third-order valence-electron chi connectivity index (χ3n) is 6.42. The molecule has 0 aliphatic heterocycles. The van der Waals surface area contributed by atoms with Crippen LogP contribution in [-0.2, 0) is 23.9 Å². The van der Waals surface area contributed by atoms with Crippen molar-refractivity contribution < 1.29 is 23.9 Å². The van der Waals surface area contributed by atoms with Crippen LogP contribution in [0.1, 0.15) is 61.8 Å². The summed E-state index contributed by atoms with van der Waals surface area (Å²) in [7, 11) is 0. The standard InChI is InChI=1S/C25H34O5/c1-9-16(6)23(27)29-19-11-15(5)12-21(30-24(28)17(7)10-2)25(8)20(26)13-18(14(3)4)22(19)25/h9-10,12-14,19,21-22H,11H2,1-8H3/b16-9-,17-10-/t19-,21+,22+,25+/m0/s1. The maximum absolute atomic E-state index is 13.3. The van der Waals surface area contributed by atoms with Crippen molar-refractivity contribution in [3.63, 3.8) is 0 Å². The van der Waals surface area contributed by atoms with E-state index in [-0.39, 0.29) is 23.6 Å². The first-order valence-electron chi connectivity index (χ1n) is 10.6. The summed E-state index contributed by atoms with van der Waals surface area (Å²) in [5, 5.41) is 0. The van der Waals surface area contributed by atoms with Crippen LogP contribution < -0.4 is 0 Å². The minimum absolute atomic E-state index is 0.0943. The lowest BCUT2D eigenvalue weighted by Crippen LogP contribution is -2.48. The van der Waals surface area contributed by atoms with Gasteiger partial charge in [-0.05, 0) is 59.6 Å². The van der Waals surface area contributed by atoms with Crippen LogP contribution >= 0.6 is 0 Å². The van der Waals surface area contributed by atoms with Crippen molar-refractivity contribution >= 4 is 17.7 Å². The summed E-state index contributed by atoms with van der Waals surface area (Å²) in [6.45, 7) is 14.8. The number of esters is 2. The van der Waals surface area contributed by atoms with Gasteiger partial charge in [0.25, 0.3) is 0 Å². The van der Waals surface area contributed by atoms with Crippen LogP contribution in [-0.4, -0.2) is 29.9 Å². The van der Waals surface area contributed by atoms with Crippen LogP contribution in [0.4, 0.5) is 0 Å². The SMILES string of the molecule is C/C=C(/C)C(=O)O[C@H]1CC(C)=C[C@@H](OC(=O)/C(C)=C\C)[C@@]2(C)C(=O)C=C(C(C)C)[C@H]12. The summed E-state index contributed by atoms with van der Waals surface area (Å²) in [5.41, 5.74) is 1.84. The van der Waals surface area contributed by atoms with Crippen molar-refractivity contribution in [1.29, 1.82) is 0 Å². The van der Waals surface area contributed by atoms with Gasteiger partial charge < -0.3 is 9.47 Å². The second kappa shape index (κ2) is 9.15. The molecule has 0 N–H and O–H groups in total. The number of fused-ring (bicyclic) bond motifs is 1. The fourth-order valence-corrected chi connectivity index (χ4v) is 4.22. The Morgan fingerprint density at radius 3 is 2.13 bits per heavy atom. The Labute approximate surface area is 179 Å². The fourth-order valence-electron chi connectivity index (χ4n) is 4.22. The Bertz CT molecular complexity index is 855. The first-order valence-corrected chi connectivity index (χ1v) is 10.6. The number of allylic oxidation sites excluding steroid dienone is 3. The van der Waals surface area contributed by atoms with E-state index in [0.29, 0.717) is 17.6 Å². The van der Waals surface area contributed by atoms with Crippen molar-refractivity contribution in [2.75, 3.05) is 0 Å². The second-order valence-electron chi connectivity index (χ2n) is 8.85. The molecule has 5 heteroatoms. The van der Waals surface area contributed by atoms with Gasteiger partial charge in [0.05, 0.1) is 5.41 Å². The maximum Gasteiger partial charge on any atom is 0.334 e. The summed E-state index contributed by atoms with van der Waals surface area (Å²) in [6, 6.07) is 0. The van der Waals surface area contributed by atoms with Crippen LogP contribution in [0.2, 0.25) is 0 Å². The molecule has 0 aromatic carbocycles. The summed E-state index contributed by atoms with van der Waals surface area (Å²) in [5.74, 6) is -1.20. The highest BCUT2D eigenvalue weighted by atomic mass is 16.6. The maximum atomic E-state index is 13.3. The molecule has 4 atom stereocenters. The van der Waals surface area contributed by atoms with E-state index in [1.807, 2.05) is 33.8 Å². The first kappa shape index (κ1) is 23.8. The molecule has 5 nitrogen and oxygen atoms in total. The molecule has 2 aliphatic carbocycles. The number of rotatable bonds is 5. The molecule has 30 heavy (non-hydrogen) atoms. The minimum atomic E-state index is -1.03. The average molecular weight is 415 g/mol. The van der Waals surface area contributed by atoms with Crippen molar-refractivity contribution in [1.82, 2.24) is 0 Å². The molecule has 0 amide bonds. The topological polar surface area (TPSA) is 69.7 Å². The number of carbonyl (C=O) groups excluding carboxylic acids is 3. The zero-order valence-electron chi connectivity index (χ0n) is 19.4. The monoisotopic (exact) mass is 414 g/mol. The van der Waals surface area contributed by atoms with Crippen LogP contribution in [0.3, 0.4) is 0 Å². The summed E-state index contributed by atoms with van der Waals surface area (Å²) in [6.07, 6.45) is 6.14. The molecule has 0 bridgehead atoms. The zero-order chi connectivity index (χ0) is 22.8. The molecular formula is C25H34O5. The van der Waals surface area contributed by atoms with Crippen molar-refractivity contribution in [3.05, 3.63) is 46.6 Å². The van der Waals surface area contributed by atoms with Crippen LogP contribution in [0.25, 0.3) is 0 Å². The lowest BCUT2D eigenvalue weighted by Gasteiger charge is -2.39. The molecule has 0 radical (unpaired) electrons. The molecule has 0 saturated heterocycles. The largest absolute Gasteiger partial charge is 0.458 e. The van der Waals surface area contributed by atoms with Crippen LogP contribution in [0.5, 0.6) is 0 Å². The fraction of sp³-hybridized carbons (Fsp3) is 0.560. The number of hydrogen-bond acceptors (Lipinski definition) is 5. The Hall–Kier alpha value is -2.43. The molecule has 2 aliphatic rings. The molecule has 0 aromatic heterocycles. The molecular weight excluding hydrogens is 380 g/mol. The molecule has 0 saturated carbocycles. The van der Waals surface area contributed by atoms with Gasteiger partial charge in [-0.3, -0.25) is 4.79 Å². The van der Waals surface area contributed by atoms with E-state index in [0.717, 1.165) is 11.1 Å². The Balaban J connectivity index is 2.56. The zero-order valence-corrected chi connectivity index (χ0v) is 19.4. The van der Waals surface area contributed by atoms with Crippen molar-refractivity contribution in [2.24, 2.45) is 17.3 Å². The Morgan fingerprint density at radius 2 is 1.63 bits per heavy atom. The normalized spacial score (nSPS) is 29.8. The van der Waals surface area contributed by atoms with Gasteiger partial charge in [0.1, 0.15) is 12.2 Å². The van der Waals surface area contributed by atoms with Gasteiger partial charge in [-0.1, -0.05) is 37.1 Å². The van der Waals surface area contributed by atoms with Gasteiger partial charge in [0.15, 0.2) is 5.78 Å². The van der Waals surface area contributed by atoms with Crippen LogP contribution in [0, 0.1) is 17.3 Å². The van der Waals surface area contributed by atoms with Crippen molar-refractivity contribution in [3.8, 4) is 0 Å². The van der Waals surface area contributed by atoms with E-state index in [9.17, 15) is 14.4 Å². The third kappa shape index (κ3) is 4.35. The van der Waals surface area contributed by atoms with Gasteiger partial charge in [-0.15, -0.1) is 0 Å². The highest BCUT2D eigenvalue weighted by molar-refractivity contribution is 6.00. The van der Waals surface area contributed by atoms with Crippen LogP contribution in [0.15, 0.2) is 46.6 Å².